The summed E-state index contributed by atoms with van der Waals surface area (Å²) in [6.07, 6.45) is 1.62. The third kappa shape index (κ3) is 3.17. The average Bonchev–Trinajstić information content (AvgIpc) is 2.30. The highest BCUT2D eigenvalue weighted by Crippen LogP contribution is 2.19. The van der Waals surface area contributed by atoms with Gasteiger partial charge in [-0.1, -0.05) is 15.9 Å². The number of benzene rings is 1. The van der Waals surface area contributed by atoms with E-state index in [1.54, 1.807) is 24.4 Å². The summed E-state index contributed by atoms with van der Waals surface area (Å²) in [5.41, 5.74) is 7.10. The largest absolute Gasteiger partial charge is 0.399 e. The molecular formula is C12H11BrFN3. The lowest BCUT2D eigenvalue weighted by Crippen LogP contribution is -2.02. The molecule has 0 radical (unpaired) electrons. The maximum atomic E-state index is 13.1. The molecule has 88 valence electrons. The summed E-state index contributed by atoms with van der Waals surface area (Å²) < 4.78 is 13.9. The Morgan fingerprint density at radius 3 is 2.88 bits per heavy atom. The first-order valence-corrected chi connectivity index (χ1v) is 5.84. The van der Waals surface area contributed by atoms with Crippen molar-refractivity contribution in [3.05, 3.63) is 52.4 Å². The Hall–Kier alpha value is -1.62. The predicted molar refractivity (Wildman–Crippen MR) is 70.1 cm³/mol. The molecule has 2 rings (SSSR count). The Kier molecular flexibility index (Phi) is 3.58. The Bertz CT molecular complexity index is 531. The zero-order valence-electron chi connectivity index (χ0n) is 8.95. The molecule has 0 bridgehead atoms. The van der Waals surface area contributed by atoms with Crippen LogP contribution in [0.2, 0.25) is 0 Å². The number of rotatable bonds is 3. The Morgan fingerprint density at radius 1 is 1.29 bits per heavy atom. The van der Waals surface area contributed by atoms with Crippen LogP contribution in [0.15, 0.2) is 41.0 Å². The van der Waals surface area contributed by atoms with E-state index in [1.165, 1.54) is 12.1 Å². The van der Waals surface area contributed by atoms with Gasteiger partial charge < -0.3 is 11.1 Å². The minimum atomic E-state index is -0.259. The number of nitrogen functional groups attached to an aromatic ring is 1. The van der Waals surface area contributed by atoms with Crippen LogP contribution >= 0.6 is 15.9 Å². The summed E-state index contributed by atoms with van der Waals surface area (Å²) in [4.78, 5) is 4.11. The van der Waals surface area contributed by atoms with Crippen LogP contribution in [0.25, 0.3) is 0 Å². The fraction of sp³-hybridized carbons (Fsp3) is 0.0833. The molecule has 5 heteroatoms. The van der Waals surface area contributed by atoms with Gasteiger partial charge in [0.05, 0.1) is 0 Å². The number of anilines is 2. The van der Waals surface area contributed by atoms with Gasteiger partial charge in [-0.15, -0.1) is 0 Å². The van der Waals surface area contributed by atoms with E-state index in [4.69, 9.17) is 5.73 Å². The molecule has 0 fully saturated rings. The summed E-state index contributed by atoms with van der Waals surface area (Å²) in [5, 5.41) is 3.08. The van der Waals surface area contributed by atoms with Crippen LogP contribution in [0.5, 0.6) is 0 Å². The highest BCUT2D eigenvalue weighted by atomic mass is 79.9. The number of nitrogens with one attached hydrogen (secondary N) is 1. The molecular weight excluding hydrogens is 285 g/mol. The van der Waals surface area contributed by atoms with E-state index >= 15 is 0 Å². The third-order valence-corrected chi connectivity index (χ3v) is 3.03. The quantitative estimate of drug-likeness (QED) is 0.914. The second-order valence-electron chi connectivity index (χ2n) is 3.56. The maximum Gasteiger partial charge on any atom is 0.128 e. The molecule has 1 aromatic heterocycles. The van der Waals surface area contributed by atoms with Gasteiger partial charge in [0.2, 0.25) is 0 Å². The van der Waals surface area contributed by atoms with Crippen molar-refractivity contribution in [2.24, 2.45) is 0 Å². The zero-order valence-corrected chi connectivity index (χ0v) is 10.5. The summed E-state index contributed by atoms with van der Waals surface area (Å²) in [5.74, 6) is 0.409. The van der Waals surface area contributed by atoms with Gasteiger partial charge in [-0.3, -0.25) is 0 Å². The van der Waals surface area contributed by atoms with Crippen LogP contribution in [0, 0.1) is 5.82 Å². The second kappa shape index (κ2) is 5.14. The van der Waals surface area contributed by atoms with Crippen LogP contribution in [0.3, 0.4) is 0 Å². The first kappa shape index (κ1) is 11.9. The summed E-state index contributed by atoms with van der Waals surface area (Å²) in [6.45, 7) is 0.481. The molecule has 0 amide bonds. The Morgan fingerprint density at radius 2 is 2.12 bits per heavy atom. The van der Waals surface area contributed by atoms with E-state index in [1.807, 2.05) is 0 Å². The number of nitrogens with zero attached hydrogens (tertiary/aromatic N) is 1. The lowest BCUT2D eigenvalue weighted by atomic mass is 10.2. The van der Waals surface area contributed by atoms with Gasteiger partial charge in [0, 0.05) is 29.0 Å². The van der Waals surface area contributed by atoms with Crippen LogP contribution in [0.4, 0.5) is 15.9 Å². The standard InChI is InChI=1S/C12H11BrFN3/c13-11-2-1-9(14)5-8(11)7-17-12-6-10(15)3-4-16-12/h1-6H,7H2,(H3,15,16,17). The van der Waals surface area contributed by atoms with Crippen LogP contribution in [-0.2, 0) is 6.54 Å². The van der Waals surface area contributed by atoms with Crippen LogP contribution in [-0.4, -0.2) is 4.98 Å². The second-order valence-corrected chi connectivity index (χ2v) is 4.42. The van der Waals surface area contributed by atoms with E-state index in [0.29, 0.717) is 18.1 Å². The number of aromatic nitrogens is 1. The number of hydrogen-bond donors (Lipinski definition) is 2. The first-order valence-electron chi connectivity index (χ1n) is 5.04. The fourth-order valence-corrected chi connectivity index (χ4v) is 1.79. The van der Waals surface area contributed by atoms with Gasteiger partial charge in [0.25, 0.3) is 0 Å². The van der Waals surface area contributed by atoms with Gasteiger partial charge in [0.1, 0.15) is 11.6 Å². The molecule has 2 aromatic rings. The molecule has 0 saturated carbocycles. The molecule has 3 nitrogen and oxygen atoms in total. The normalized spacial score (nSPS) is 10.2. The van der Waals surface area contributed by atoms with Gasteiger partial charge in [-0.2, -0.15) is 0 Å². The van der Waals surface area contributed by atoms with E-state index in [2.05, 4.69) is 26.2 Å². The van der Waals surface area contributed by atoms with Crippen molar-refractivity contribution in [2.75, 3.05) is 11.1 Å². The molecule has 0 spiro atoms. The number of pyridine rings is 1. The molecule has 0 aliphatic rings. The molecule has 1 heterocycles. The van der Waals surface area contributed by atoms with Crippen molar-refractivity contribution < 1.29 is 4.39 Å². The molecule has 0 unspecified atom stereocenters. The van der Waals surface area contributed by atoms with Gasteiger partial charge in [0.15, 0.2) is 0 Å². The minimum absolute atomic E-state index is 0.259. The van der Waals surface area contributed by atoms with E-state index in [9.17, 15) is 4.39 Å². The molecule has 0 aliphatic heterocycles. The predicted octanol–water partition coefficient (Wildman–Crippen LogP) is 3.18. The SMILES string of the molecule is Nc1ccnc(NCc2cc(F)ccc2Br)c1. The van der Waals surface area contributed by atoms with Crippen LogP contribution in [0.1, 0.15) is 5.56 Å². The molecule has 3 N–H and O–H groups in total. The van der Waals surface area contributed by atoms with Crippen molar-refractivity contribution in [3.8, 4) is 0 Å². The number of halogens is 2. The highest BCUT2D eigenvalue weighted by Gasteiger charge is 2.02. The highest BCUT2D eigenvalue weighted by molar-refractivity contribution is 9.10. The fourth-order valence-electron chi connectivity index (χ4n) is 1.41. The van der Waals surface area contributed by atoms with Gasteiger partial charge >= 0.3 is 0 Å². The summed E-state index contributed by atoms with van der Waals surface area (Å²) in [6, 6.07) is 8.01. The van der Waals surface area contributed by atoms with Gasteiger partial charge in [-0.05, 0) is 29.8 Å². The molecule has 17 heavy (non-hydrogen) atoms. The van der Waals surface area contributed by atoms with Crippen molar-refractivity contribution >= 4 is 27.4 Å². The Balaban J connectivity index is 2.09. The summed E-state index contributed by atoms with van der Waals surface area (Å²) in [7, 11) is 0. The lowest BCUT2D eigenvalue weighted by Gasteiger charge is -2.08. The van der Waals surface area contributed by atoms with Crippen molar-refractivity contribution in [2.45, 2.75) is 6.54 Å². The molecule has 0 atom stereocenters. The lowest BCUT2D eigenvalue weighted by molar-refractivity contribution is 0.625. The van der Waals surface area contributed by atoms with Gasteiger partial charge in [-0.25, -0.2) is 9.37 Å². The smallest absolute Gasteiger partial charge is 0.128 e. The Labute approximate surface area is 107 Å². The monoisotopic (exact) mass is 295 g/mol. The van der Waals surface area contributed by atoms with Crippen molar-refractivity contribution in [1.29, 1.82) is 0 Å². The first-order chi connectivity index (χ1) is 8.15. The average molecular weight is 296 g/mol. The topological polar surface area (TPSA) is 50.9 Å². The summed E-state index contributed by atoms with van der Waals surface area (Å²) >= 11 is 3.37. The van der Waals surface area contributed by atoms with Crippen LogP contribution < -0.4 is 11.1 Å². The van der Waals surface area contributed by atoms with Crippen molar-refractivity contribution in [3.63, 3.8) is 0 Å². The van der Waals surface area contributed by atoms with E-state index < -0.39 is 0 Å². The molecule has 1 aromatic carbocycles. The number of nitrogens with two attached hydrogens (primary N) is 1. The molecule has 0 aliphatic carbocycles. The number of hydrogen-bond acceptors (Lipinski definition) is 3. The third-order valence-electron chi connectivity index (χ3n) is 2.25. The van der Waals surface area contributed by atoms with E-state index in [-0.39, 0.29) is 5.82 Å². The molecule has 0 saturated heterocycles. The minimum Gasteiger partial charge on any atom is -0.399 e. The van der Waals surface area contributed by atoms with Crippen molar-refractivity contribution in [1.82, 2.24) is 4.98 Å². The van der Waals surface area contributed by atoms with E-state index in [0.717, 1.165) is 10.0 Å². The zero-order chi connectivity index (χ0) is 12.3. The maximum absolute atomic E-state index is 13.1.